The van der Waals surface area contributed by atoms with Crippen molar-refractivity contribution in [2.75, 3.05) is 4.90 Å². The van der Waals surface area contributed by atoms with Gasteiger partial charge in [0.05, 0.1) is 11.0 Å². The SMILES string of the molecule is CC1(C)c2cc(-c3c4c(cc5c3c3cc(N(c6ccccc6)c6ccc(-c7ccccc7)cc6)ccc3n5-c3ccccc3)oc3ccccc34)ccc2C2C=CC=CC21. The number of anilines is 3. The lowest BCUT2D eigenvalue weighted by molar-refractivity contribution is 0.394. The second-order valence-corrected chi connectivity index (χ2v) is 16.9. The second-order valence-electron chi connectivity index (χ2n) is 16.9. The highest BCUT2D eigenvalue weighted by molar-refractivity contribution is 6.27. The number of fused-ring (bicyclic) bond motifs is 9. The van der Waals surface area contributed by atoms with Crippen molar-refractivity contribution >= 4 is 60.8 Å². The molecule has 2 aliphatic carbocycles. The summed E-state index contributed by atoms with van der Waals surface area (Å²) >= 11 is 0. The molecule has 0 amide bonds. The molecule has 60 heavy (non-hydrogen) atoms. The number of nitrogens with zero attached hydrogens (tertiary/aromatic N) is 2. The normalized spacial score (nSPS) is 16.5. The lowest BCUT2D eigenvalue weighted by Crippen LogP contribution is -2.24. The number of hydrogen-bond donors (Lipinski definition) is 0. The molecule has 10 aromatic rings. The molecule has 0 radical (unpaired) electrons. The molecule has 2 unspecified atom stereocenters. The van der Waals surface area contributed by atoms with E-state index in [9.17, 15) is 0 Å². The van der Waals surface area contributed by atoms with Crippen LogP contribution in [0.4, 0.5) is 17.1 Å². The molecule has 2 heterocycles. The van der Waals surface area contributed by atoms with Gasteiger partial charge in [-0.15, -0.1) is 0 Å². The van der Waals surface area contributed by atoms with Gasteiger partial charge in [0, 0.05) is 61.8 Å². The first-order valence-electron chi connectivity index (χ1n) is 21.0. The Kier molecular flexibility index (Phi) is 7.71. The van der Waals surface area contributed by atoms with Crippen LogP contribution in [0.3, 0.4) is 0 Å². The Hall–Kier alpha value is -7.36. The number of allylic oxidation sites excluding steroid dienone is 4. The molecule has 2 aromatic heterocycles. The minimum Gasteiger partial charge on any atom is -0.456 e. The molecule has 0 bridgehead atoms. The quantitative estimate of drug-likeness (QED) is 0.168. The third-order valence-corrected chi connectivity index (χ3v) is 13.3. The Morgan fingerprint density at radius 2 is 1.15 bits per heavy atom. The lowest BCUT2D eigenvalue weighted by Gasteiger charge is -2.29. The summed E-state index contributed by atoms with van der Waals surface area (Å²) in [5.41, 5.74) is 16.1. The predicted octanol–water partition coefficient (Wildman–Crippen LogP) is 15.6. The van der Waals surface area contributed by atoms with Crippen LogP contribution in [0.5, 0.6) is 0 Å². The van der Waals surface area contributed by atoms with Gasteiger partial charge in [-0.3, -0.25) is 0 Å². The Bertz CT molecular complexity index is 3330. The number of benzene rings is 8. The molecule has 3 heteroatoms. The molecular weight excluding hydrogens is 729 g/mol. The predicted molar refractivity (Wildman–Crippen MR) is 251 cm³/mol. The highest BCUT2D eigenvalue weighted by Gasteiger charge is 2.44. The van der Waals surface area contributed by atoms with E-state index in [0.717, 1.165) is 55.7 Å². The molecular formula is C57H42N2O. The zero-order valence-electron chi connectivity index (χ0n) is 33.6. The van der Waals surface area contributed by atoms with Crippen LogP contribution in [0.25, 0.3) is 71.7 Å². The van der Waals surface area contributed by atoms with Crippen molar-refractivity contribution in [1.29, 1.82) is 0 Å². The summed E-state index contributed by atoms with van der Waals surface area (Å²) in [6, 6.07) is 66.1. The van der Waals surface area contributed by atoms with Gasteiger partial charge in [0.15, 0.2) is 0 Å². The summed E-state index contributed by atoms with van der Waals surface area (Å²) in [5.74, 6) is 0.805. The number of para-hydroxylation sites is 3. The van der Waals surface area contributed by atoms with E-state index in [1.54, 1.807) is 0 Å². The maximum atomic E-state index is 6.80. The minimum absolute atomic E-state index is 0.0276. The van der Waals surface area contributed by atoms with E-state index >= 15 is 0 Å². The van der Waals surface area contributed by atoms with Gasteiger partial charge < -0.3 is 13.9 Å². The average Bonchev–Trinajstić information content (AvgIpc) is 3.91. The Morgan fingerprint density at radius 1 is 0.500 bits per heavy atom. The minimum atomic E-state index is -0.0276. The molecule has 2 aliphatic rings. The fourth-order valence-electron chi connectivity index (χ4n) is 10.4. The lowest BCUT2D eigenvalue weighted by atomic mass is 9.74. The second kappa shape index (κ2) is 13.3. The highest BCUT2D eigenvalue weighted by atomic mass is 16.3. The van der Waals surface area contributed by atoms with Crippen LogP contribution in [-0.4, -0.2) is 4.57 Å². The molecule has 0 fully saturated rings. The topological polar surface area (TPSA) is 21.3 Å². The highest BCUT2D eigenvalue weighted by Crippen LogP contribution is 2.55. The molecule has 0 aliphatic heterocycles. The summed E-state index contributed by atoms with van der Waals surface area (Å²) in [7, 11) is 0. The van der Waals surface area contributed by atoms with Crippen LogP contribution in [0.1, 0.15) is 30.9 Å². The number of rotatable bonds is 6. The van der Waals surface area contributed by atoms with Crippen LogP contribution >= 0.6 is 0 Å². The first-order valence-corrected chi connectivity index (χ1v) is 21.0. The summed E-state index contributed by atoms with van der Waals surface area (Å²) in [4.78, 5) is 2.38. The average molecular weight is 771 g/mol. The molecule has 0 N–H and O–H groups in total. The van der Waals surface area contributed by atoms with Crippen molar-refractivity contribution in [3.05, 3.63) is 217 Å². The molecule has 3 nitrogen and oxygen atoms in total. The van der Waals surface area contributed by atoms with Crippen molar-refractivity contribution in [3.63, 3.8) is 0 Å². The van der Waals surface area contributed by atoms with Crippen molar-refractivity contribution in [2.45, 2.75) is 25.2 Å². The fraction of sp³-hybridized carbons (Fsp3) is 0.0877. The zero-order valence-corrected chi connectivity index (χ0v) is 33.6. The smallest absolute Gasteiger partial charge is 0.138 e. The molecule has 12 rings (SSSR count). The van der Waals surface area contributed by atoms with Crippen molar-refractivity contribution in [3.8, 4) is 27.9 Å². The number of furan rings is 1. The van der Waals surface area contributed by atoms with E-state index in [1.807, 2.05) is 0 Å². The van der Waals surface area contributed by atoms with E-state index in [0.29, 0.717) is 11.8 Å². The van der Waals surface area contributed by atoms with Gasteiger partial charge in [0.2, 0.25) is 0 Å². The van der Waals surface area contributed by atoms with Gasteiger partial charge in [-0.05, 0) is 99.8 Å². The fourth-order valence-corrected chi connectivity index (χ4v) is 10.4. The van der Waals surface area contributed by atoms with Gasteiger partial charge in [-0.2, -0.15) is 0 Å². The van der Waals surface area contributed by atoms with E-state index in [4.69, 9.17) is 4.42 Å². The largest absolute Gasteiger partial charge is 0.456 e. The summed E-state index contributed by atoms with van der Waals surface area (Å²) in [6.07, 6.45) is 9.25. The maximum Gasteiger partial charge on any atom is 0.138 e. The standard InChI is InChI=1S/C57H42N2O/c1-57(2)48-24-14-12-22-44(48)45-32-28-39(34-49(45)57)54-55-47-35-43(58(40-18-8-4-9-19-40)42-29-26-38(27-30-42)37-16-6-3-7-17-37)31-33-50(47)59(41-20-10-5-11-21-41)51(55)36-53-56(54)46-23-13-15-25-52(46)60-53/h3-36,44,48H,1-2H3. The summed E-state index contributed by atoms with van der Waals surface area (Å²) in [5, 5.41) is 4.69. The first-order chi connectivity index (χ1) is 29.5. The Balaban J connectivity index is 1.17. The number of hydrogen-bond acceptors (Lipinski definition) is 2. The third kappa shape index (κ3) is 5.22. The van der Waals surface area contributed by atoms with Crippen LogP contribution in [0.15, 0.2) is 211 Å². The van der Waals surface area contributed by atoms with E-state index in [1.165, 1.54) is 44.2 Å². The van der Waals surface area contributed by atoms with Gasteiger partial charge in [-0.25, -0.2) is 0 Å². The van der Waals surface area contributed by atoms with E-state index in [2.05, 4.69) is 230 Å². The van der Waals surface area contributed by atoms with Crippen molar-refractivity contribution in [2.24, 2.45) is 5.92 Å². The summed E-state index contributed by atoms with van der Waals surface area (Å²) in [6.45, 7) is 4.84. The molecule has 0 saturated heterocycles. The molecule has 0 saturated carbocycles. The Morgan fingerprint density at radius 3 is 1.95 bits per heavy atom. The van der Waals surface area contributed by atoms with Crippen LogP contribution < -0.4 is 4.90 Å². The summed E-state index contributed by atoms with van der Waals surface area (Å²) < 4.78 is 9.22. The van der Waals surface area contributed by atoms with Crippen LogP contribution in [0.2, 0.25) is 0 Å². The van der Waals surface area contributed by atoms with Gasteiger partial charge in [0.1, 0.15) is 11.2 Å². The van der Waals surface area contributed by atoms with Crippen LogP contribution in [0, 0.1) is 5.92 Å². The van der Waals surface area contributed by atoms with Gasteiger partial charge in [0.25, 0.3) is 0 Å². The molecule has 8 aromatic carbocycles. The zero-order chi connectivity index (χ0) is 40.0. The Labute approximate surface area is 349 Å². The van der Waals surface area contributed by atoms with Gasteiger partial charge in [-0.1, -0.05) is 153 Å². The van der Waals surface area contributed by atoms with Crippen molar-refractivity contribution in [1.82, 2.24) is 4.57 Å². The van der Waals surface area contributed by atoms with Gasteiger partial charge >= 0.3 is 0 Å². The molecule has 2 atom stereocenters. The van der Waals surface area contributed by atoms with E-state index < -0.39 is 0 Å². The van der Waals surface area contributed by atoms with E-state index in [-0.39, 0.29) is 5.41 Å². The third-order valence-electron chi connectivity index (χ3n) is 13.3. The van der Waals surface area contributed by atoms with Crippen molar-refractivity contribution < 1.29 is 4.42 Å². The number of aromatic nitrogens is 1. The van der Waals surface area contributed by atoms with Crippen LogP contribution in [-0.2, 0) is 5.41 Å². The first kappa shape index (κ1) is 34.7. The molecule has 286 valence electrons. The molecule has 0 spiro atoms. The monoisotopic (exact) mass is 770 g/mol. The maximum absolute atomic E-state index is 6.80.